The molecule has 1 amide bonds. The van der Waals surface area contributed by atoms with Crippen LogP contribution in [0.25, 0.3) is 0 Å². The number of amides is 1. The van der Waals surface area contributed by atoms with Crippen LogP contribution in [0.3, 0.4) is 0 Å². The van der Waals surface area contributed by atoms with E-state index in [2.05, 4.69) is 0 Å². The monoisotopic (exact) mass is 163 g/mol. The number of fused-ring (bicyclic) bond motifs is 1. The van der Waals surface area contributed by atoms with Gasteiger partial charge in [0.25, 0.3) is 0 Å². The van der Waals surface area contributed by atoms with Crippen LogP contribution in [0.4, 0.5) is 0 Å². The molecule has 0 aromatic rings. The fourth-order valence-electron chi connectivity index (χ4n) is 1.17. The summed E-state index contributed by atoms with van der Waals surface area (Å²) >= 11 is 0. The molecule has 0 spiro atoms. The van der Waals surface area contributed by atoms with Gasteiger partial charge >= 0.3 is 0 Å². The molecule has 2 aliphatic heterocycles. The van der Waals surface area contributed by atoms with E-state index in [1.807, 2.05) is 6.08 Å². The highest BCUT2D eigenvalue weighted by Gasteiger charge is 2.17. The molecule has 0 aliphatic carbocycles. The van der Waals surface area contributed by atoms with Gasteiger partial charge in [-0.2, -0.15) is 0 Å². The van der Waals surface area contributed by atoms with Crippen molar-refractivity contribution in [1.82, 2.24) is 9.96 Å². The molecule has 0 saturated heterocycles. The van der Waals surface area contributed by atoms with Gasteiger partial charge in [0.1, 0.15) is 5.82 Å². The molecule has 62 valence electrons. The van der Waals surface area contributed by atoms with E-state index in [-0.39, 0.29) is 0 Å². The summed E-state index contributed by atoms with van der Waals surface area (Å²) in [6.45, 7) is 0.647. The van der Waals surface area contributed by atoms with Crippen molar-refractivity contribution >= 4 is 5.91 Å². The SMILES string of the molecule is O=C1C=CN2CC=CC=C2N1[O-]. The second-order valence-corrected chi connectivity index (χ2v) is 2.55. The van der Waals surface area contributed by atoms with Crippen LogP contribution in [0, 0.1) is 5.21 Å². The highest BCUT2D eigenvalue weighted by molar-refractivity contribution is 5.90. The molecule has 0 atom stereocenters. The number of rotatable bonds is 0. The lowest BCUT2D eigenvalue weighted by molar-refractivity contribution is -0.123. The Morgan fingerprint density at radius 3 is 3.17 bits per heavy atom. The first-order valence-corrected chi connectivity index (χ1v) is 3.62. The Morgan fingerprint density at radius 1 is 1.50 bits per heavy atom. The molecule has 4 nitrogen and oxygen atoms in total. The number of carbonyl (C=O) groups excluding carboxylic acids is 1. The normalized spacial score (nSPS) is 21.1. The zero-order chi connectivity index (χ0) is 8.55. The molecule has 0 fully saturated rings. The van der Waals surface area contributed by atoms with Gasteiger partial charge in [-0.3, -0.25) is 4.79 Å². The van der Waals surface area contributed by atoms with Crippen molar-refractivity contribution in [2.45, 2.75) is 0 Å². The average molecular weight is 163 g/mol. The molecule has 2 aliphatic rings. The molecule has 4 heteroatoms. The molecule has 0 aromatic carbocycles. The molecule has 0 bridgehead atoms. The van der Waals surface area contributed by atoms with E-state index in [0.717, 1.165) is 0 Å². The maximum Gasteiger partial charge on any atom is 0.242 e. The molecule has 0 saturated carbocycles. The smallest absolute Gasteiger partial charge is 0.242 e. The van der Waals surface area contributed by atoms with Gasteiger partial charge in [0.15, 0.2) is 0 Å². The lowest BCUT2D eigenvalue weighted by Crippen LogP contribution is -2.37. The number of nitrogens with zero attached hydrogens (tertiary/aromatic N) is 2. The molecular formula is C8H7N2O2-. The van der Waals surface area contributed by atoms with E-state index in [4.69, 9.17) is 0 Å². The Bertz CT molecular complexity index is 300. The van der Waals surface area contributed by atoms with Crippen LogP contribution in [0.15, 0.2) is 36.3 Å². The second-order valence-electron chi connectivity index (χ2n) is 2.55. The van der Waals surface area contributed by atoms with Crippen molar-refractivity contribution < 1.29 is 4.79 Å². The molecule has 12 heavy (non-hydrogen) atoms. The Kier molecular flexibility index (Phi) is 1.48. The van der Waals surface area contributed by atoms with Crippen molar-refractivity contribution in [2.24, 2.45) is 0 Å². The molecule has 0 unspecified atom stereocenters. The maximum absolute atomic E-state index is 11.1. The standard InChI is InChI=1S/C8H7N2O2/c11-8-4-6-9-5-2-1-3-7(9)10(8)12/h1-4,6H,5H2/q-1. The lowest BCUT2D eigenvalue weighted by Gasteiger charge is -2.39. The van der Waals surface area contributed by atoms with Crippen LogP contribution in [-0.2, 0) is 4.79 Å². The summed E-state index contributed by atoms with van der Waals surface area (Å²) in [5, 5.41) is 11.5. The van der Waals surface area contributed by atoms with Crippen molar-refractivity contribution in [1.29, 1.82) is 0 Å². The maximum atomic E-state index is 11.1. The van der Waals surface area contributed by atoms with Gasteiger partial charge in [-0.25, -0.2) is 0 Å². The summed E-state index contributed by atoms with van der Waals surface area (Å²) in [5.41, 5.74) is 0. The summed E-state index contributed by atoms with van der Waals surface area (Å²) in [6.07, 6.45) is 8.19. The molecular weight excluding hydrogens is 156 g/mol. The first-order valence-electron chi connectivity index (χ1n) is 3.62. The van der Waals surface area contributed by atoms with E-state index in [1.54, 1.807) is 23.3 Å². The number of hydroxylamine groups is 2. The first-order chi connectivity index (χ1) is 5.79. The third-order valence-electron chi connectivity index (χ3n) is 1.78. The van der Waals surface area contributed by atoms with Crippen LogP contribution in [0.1, 0.15) is 0 Å². The van der Waals surface area contributed by atoms with Crippen LogP contribution in [0.2, 0.25) is 0 Å². The Hall–Kier alpha value is -1.55. The van der Waals surface area contributed by atoms with E-state index in [0.29, 0.717) is 17.4 Å². The van der Waals surface area contributed by atoms with Crippen molar-refractivity contribution in [3.63, 3.8) is 0 Å². The van der Waals surface area contributed by atoms with Crippen LogP contribution in [-0.4, -0.2) is 22.4 Å². The number of allylic oxidation sites excluding steroid dienone is 2. The molecule has 0 N–H and O–H groups in total. The van der Waals surface area contributed by atoms with Crippen molar-refractivity contribution in [3.8, 4) is 0 Å². The van der Waals surface area contributed by atoms with E-state index in [1.165, 1.54) is 6.08 Å². The highest BCUT2D eigenvalue weighted by atomic mass is 16.5. The highest BCUT2D eigenvalue weighted by Crippen LogP contribution is 2.18. The summed E-state index contributed by atoms with van der Waals surface area (Å²) in [5.74, 6) is -0.127. The molecule has 2 rings (SSSR count). The molecule has 0 radical (unpaired) electrons. The molecule has 2 heterocycles. The topological polar surface area (TPSA) is 46.6 Å². The minimum Gasteiger partial charge on any atom is -0.750 e. The first kappa shape index (κ1) is 7.12. The van der Waals surface area contributed by atoms with Crippen molar-refractivity contribution in [3.05, 3.63) is 41.5 Å². The van der Waals surface area contributed by atoms with E-state index in [9.17, 15) is 10.0 Å². The average Bonchev–Trinajstić information content (AvgIpc) is 2.12. The third kappa shape index (κ3) is 0.931. The Balaban J connectivity index is 2.38. The predicted octanol–water partition coefficient (Wildman–Crippen LogP) is 0.553. The van der Waals surface area contributed by atoms with Gasteiger partial charge in [-0.05, 0) is 6.08 Å². The molecule has 0 aromatic heterocycles. The minimum atomic E-state index is -0.521. The van der Waals surface area contributed by atoms with Crippen molar-refractivity contribution in [2.75, 3.05) is 6.54 Å². The van der Waals surface area contributed by atoms with Gasteiger partial charge < -0.3 is 15.2 Å². The van der Waals surface area contributed by atoms with Crippen LogP contribution < -0.4 is 0 Å². The van der Waals surface area contributed by atoms with Gasteiger partial charge in [0, 0.05) is 18.8 Å². The largest absolute Gasteiger partial charge is 0.750 e. The summed E-state index contributed by atoms with van der Waals surface area (Å²) in [7, 11) is 0. The third-order valence-corrected chi connectivity index (χ3v) is 1.78. The zero-order valence-corrected chi connectivity index (χ0v) is 6.30. The summed E-state index contributed by atoms with van der Waals surface area (Å²) in [4.78, 5) is 12.6. The Labute approximate surface area is 69.6 Å². The van der Waals surface area contributed by atoms with Gasteiger partial charge in [-0.1, -0.05) is 12.2 Å². The minimum absolute atomic E-state index is 0.392. The Morgan fingerprint density at radius 2 is 2.33 bits per heavy atom. The summed E-state index contributed by atoms with van der Waals surface area (Å²) in [6, 6.07) is 0. The number of carbonyl (C=O) groups is 1. The fraction of sp³-hybridized carbons (Fsp3) is 0.125. The summed E-state index contributed by atoms with van der Waals surface area (Å²) < 4.78 is 0. The predicted molar refractivity (Wildman–Crippen MR) is 43.3 cm³/mol. The fourth-order valence-corrected chi connectivity index (χ4v) is 1.17. The van der Waals surface area contributed by atoms with Gasteiger partial charge in [0.05, 0.1) is 0 Å². The zero-order valence-electron chi connectivity index (χ0n) is 6.30. The lowest BCUT2D eigenvalue weighted by atomic mass is 10.3. The van der Waals surface area contributed by atoms with Crippen LogP contribution in [0.5, 0.6) is 0 Å². The van der Waals surface area contributed by atoms with Gasteiger partial charge in [-0.15, -0.1) is 0 Å². The number of hydrogen-bond donors (Lipinski definition) is 0. The second kappa shape index (κ2) is 2.49. The van der Waals surface area contributed by atoms with Crippen LogP contribution >= 0.6 is 0 Å². The number of hydrogen-bond acceptors (Lipinski definition) is 3. The quantitative estimate of drug-likeness (QED) is 0.524. The van der Waals surface area contributed by atoms with E-state index >= 15 is 0 Å². The van der Waals surface area contributed by atoms with E-state index < -0.39 is 5.91 Å². The van der Waals surface area contributed by atoms with Gasteiger partial charge in [0.2, 0.25) is 5.91 Å².